The van der Waals surface area contributed by atoms with Crippen LogP contribution in [-0.2, 0) is 5.41 Å². The molecule has 0 aliphatic heterocycles. The number of aromatic nitrogens is 3. The lowest BCUT2D eigenvalue weighted by atomic mass is 9.82. The molecule has 0 amide bonds. The summed E-state index contributed by atoms with van der Waals surface area (Å²) in [6.45, 7) is 4.69. The van der Waals surface area contributed by atoms with Crippen molar-refractivity contribution in [3.8, 4) is 11.1 Å². The highest BCUT2D eigenvalue weighted by Crippen LogP contribution is 2.51. The molecule has 0 fully saturated rings. The van der Waals surface area contributed by atoms with E-state index in [4.69, 9.17) is 9.40 Å². The number of allylic oxidation sites excluding steroid dienone is 4. The van der Waals surface area contributed by atoms with Gasteiger partial charge in [-0.25, -0.2) is 4.98 Å². The van der Waals surface area contributed by atoms with Gasteiger partial charge in [-0.1, -0.05) is 111 Å². The van der Waals surface area contributed by atoms with Crippen LogP contribution in [-0.4, -0.2) is 13.8 Å². The third-order valence-corrected chi connectivity index (χ3v) is 13.4. The molecule has 11 aromatic rings. The van der Waals surface area contributed by atoms with Gasteiger partial charge in [0.1, 0.15) is 22.5 Å². The van der Waals surface area contributed by atoms with Gasteiger partial charge in [-0.15, -0.1) is 0 Å². The van der Waals surface area contributed by atoms with Crippen LogP contribution in [0.2, 0.25) is 0 Å². The van der Waals surface area contributed by atoms with E-state index in [1.54, 1.807) is 0 Å². The molecule has 0 spiro atoms. The minimum Gasteiger partial charge on any atom is -0.456 e. The summed E-state index contributed by atoms with van der Waals surface area (Å²) in [7, 11) is 0. The maximum atomic E-state index is 14.3. The minimum atomic E-state index is -0.137. The van der Waals surface area contributed by atoms with Crippen LogP contribution in [0.5, 0.6) is 0 Å². The van der Waals surface area contributed by atoms with Crippen molar-refractivity contribution in [3.63, 3.8) is 0 Å². The molecule has 0 bridgehead atoms. The Hall–Kier alpha value is -7.70. The third-order valence-electron chi connectivity index (χ3n) is 13.4. The van der Waals surface area contributed by atoms with Crippen molar-refractivity contribution in [2.24, 2.45) is 0 Å². The molecule has 6 heteroatoms. The average Bonchev–Trinajstić information content (AvgIpc) is 3.95. The highest BCUT2D eigenvalue weighted by Gasteiger charge is 2.36. The van der Waals surface area contributed by atoms with Crippen LogP contribution < -0.4 is 10.5 Å². The molecule has 13 rings (SSSR count). The molecule has 0 N–H and O–H groups in total. The van der Waals surface area contributed by atoms with Crippen molar-refractivity contribution in [2.45, 2.75) is 32.1 Å². The fourth-order valence-electron chi connectivity index (χ4n) is 10.5. The number of fused-ring (bicyclic) bond motifs is 15. The number of pyridine rings is 1. The zero-order valence-corrected chi connectivity index (χ0v) is 33.7. The van der Waals surface area contributed by atoms with Gasteiger partial charge in [0.25, 0.3) is 5.56 Å². The second-order valence-corrected chi connectivity index (χ2v) is 17.1. The minimum absolute atomic E-state index is 0.0330. The van der Waals surface area contributed by atoms with Crippen LogP contribution in [0.3, 0.4) is 0 Å². The number of imidazole rings is 1. The van der Waals surface area contributed by atoms with E-state index in [2.05, 4.69) is 144 Å². The number of rotatable bonds is 4. The van der Waals surface area contributed by atoms with Gasteiger partial charge in [0.15, 0.2) is 0 Å². The van der Waals surface area contributed by atoms with E-state index in [1.165, 1.54) is 33.5 Å². The lowest BCUT2D eigenvalue weighted by Gasteiger charge is -2.32. The summed E-state index contributed by atoms with van der Waals surface area (Å²) in [4.78, 5) is 22.0. The van der Waals surface area contributed by atoms with Crippen LogP contribution in [0.1, 0.15) is 43.4 Å². The van der Waals surface area contributed by atoms with Crippen molar-refractivity contribution in [3.05, 3.63) is 203 Å². The van der Waals surface area contributed by atoms with E-state index >= 15 is 0 Å². The Morgan fingerprint density at radius 2 is 1.41 bits per heavy atom. The monoisotopic (exact) mass is 786 g/mol. The topological polar surface area (TPSA) is 55.2 Å². The lowest BCUT2D eigenvalue weighted by molar-refractivity contribution is 0.660. The largest absolute Gasteiger partial charge is 0.456 e. The first-order chi connectivity index (χ1) is 29.9. The van der Waals surface area contributed by atoms with E-state index in [-0.39, 0.29) is 11.0 Å². The number of furan rings is 1. The van der Waals surface area contributed by atoms with Crippen molar-refractivity contribution in [1.29, 1.82) is 0 Å². The predicted molar refractivity (Wildman–Crippen MR) is 250 cm³/mol. The fourth-order valence-corrected chi connectivity index (χ4v) is 10.5. The molecule has 61 heavy (non-hydrogen) atoms. The third kappa shape index (κ3) is 4.78. The predicted octanol–water partition coefficient (Wildman–Crippen LogP) is 13.5. The Kier molecular flexibility index (Phi) is 6.96. The molecule has 2 aliphatic rings. The molecule has 0 atom stereocenters. The van der Waals surface area contributed by atoms with Gasteiger partial charge in [-0.2, -0.15) is 0 Å². The van der Waals surface area contributed by atoms with Crippen LogP contribution in [0.15, 0.2) is 185 Å². The summed E-state index contributed by atoms with van der Waals surface area (Å²) >= 11 is 0. The van der Waals surface area contributed by atoms with Gasteiger partial charge in [-0.05, 0) is 124 Å². The number of benzene rings is 7. The summed E-state index contributed by atoms with van der Waals surface area (Å²) in [5.41, 5.74) is 17.1. The van der Waals surface area contributed by atoms with Gasteiger partial charge < -0.3 is 9.32 Å². The van der Waals surface area contributed by atoms with E-state index in [0.717, 1.165) is 90.3 Å². The lowest BCUT2D eigenvalue weighted by Crippen LogP contribution is -2.20. The smallest absolute Gasteiger partial charge is 0.264 e. The van der Waals surface area contributed by atoms with E-state index in [0.29, 0.717) is 5.39 Å². The molecule has 7 aromatic carbocycles. The molecular weight excluding hydrogens is 749 g/mol. The van der Waals surface area contributed by atoms with Crippen LogP contribution in [0.4, 0.5) is 11.4 Å². The maximum Gasteiger partial charge on any atom is 0.264 e. The van der Waals surface area contributed by atoms with Gasteiger partial charge in [0.2, 0.25) is 0 Å². The van der Waals surface area contributed by atoms with Crippen LogP contribution >= 0.6 is 0 Å². The summed E-state index contributed by atoms with van der Waals surface area (Å²) in [6.07, 6.45) is 6.24. The average molecular weight is 787 g/mol. The molecule has 2 aliphatic carbocycles. The number of hydrogen-bond acceptors (Lipinski definition) is 4. The van der Waals surface area contributed by atoms with E-state index in [1.807, 2.05) is 52.9 Å². The Morgan fingerprint density at radius 3 is 2.31 bits per heavy atom. The second kappa shape index (κ2) is 12.4. The van der Waals surface area contributed by atoms with Crippen molar-refractivity contribution < 1.29 is 4.42 Å². The number of anilines is 2. The number of nitrogens with zero attached hydrogens (tertiary/aromatic N) is 4. The highest BCUT2D eigenvalue weighted by atomic mass is 16.3. The molecule has 0 saturated heterocycles. The van der Waals surface area contributed by atoms with Gasteiger partial charge in [0, 0.05) is 33.0 Å². The van der Waals surface area contributed by atoms with Crippen molar-refractivity contribution in [2.75, 3.05) is 4.90 Å². The van der Waals surface area contributed by atoms with Crippen LogP contribution in [0.25, 0.3) is 82.6 Å². The molecule has 290 valence electrons. The van der Waals surface area contributed by atoms with E-state index < -0.39 is 0 Å². The summed E-state index contributed by atoms with van der Waals surface area (Å²) in [5, 5.41) is 4.77. The summed E-state index contributed by atoms with van der Waals surface area (Å²) in [6, 6.07) is 55.2. The first-order valence-electron chi connectivity index (χ1n) is 21.0. The van der Waals surface area contributed by atoms with Crippen molar-refractivity contribution in [1.82, 2.24) is 13.8 Å². The van der Waals surface area contributed by atoms with Gasteiger partial charge in [0.05, 0.1) is 27.6 Å². The standard InChI is InChI=1S/C55H38N4O2/c1-55(2)43-16-7-5-14-39(43)40-28-27-37(32-44(40)55)57(48-19-11-21-50-52(48)41-15-6-10-20-49(41)61-50)36-25-22-33(23-26-36)34-24-29-46-42(30-34)53-56-45-17-8-9-18-47(45)58(53)51-31-35-12-3-4-13-38(35)54(60)59(46)51/h3-22,24-25,27-32H,23,26H2,1-2H3. The molecule has 4 heterocycles. The molecule has 0 radical (unpaired) electrons. The maximum absolute atomic E-state index is 14.3. The molecule has 6 nitrogen and oxygen atoms in total. The molecule has 0 saturated carbocycles. The second-order valence-electron chi connectivity index (χ2n) is 17.1. The van der Waals surface area contributed by atoms with Gasteiger partial charge in [-0.3, -0.25) is 13.6 Å². The summed E-state index contributed by atoms with van der Waals surface area (Å²) < 4.78 is 10.5. The normalized spacial score (nSPS) is 14.7. The first kappa shape index (κ1) is 34.2. The fraction of sp³-hybridized carbons (Fsp3) is 0.0909. The van der Waals surface area contributed by atoms with Crippen LogP contribution in [0, 0.1) is 0 Å². The Balaban J connectivity index is 0.999. The summed E-state index contributed by atoms with van der Waals surface area (Å²) in [5.74, 6) is 0. The van der Waals surface area contributed by atoms with E-state index in [9.17, 15) is 4.79 Å². The number of para-hydroxylation sites is 3. The molecule has 0 unspecified atom stereocenters. The Morgan fingerprint density at radius 1 is 0.623 bits per heavy atom. The zero-order chi connectivity index (χ0) is 40.6. The molecular formula is C55H38N4O2. The quantitative estimate of drug-likeness (QED) is 0.132. The SMILES string of the molecule is CC1(C)c2ccccc2-c2ccc(N(C3=CC=C(c4ccc5c(c4)c4nc6ccccc6n4c4cc6ccccc6c(=O)n54)CC3)c3cccc4oc5ccccc5c34)cc21. The Labute approximate surface area is 350 Å². The highest BCUT2D eigenvalue weighted by molar-refractivity contribution is 6.13. The Bertz CT molecular complexity index is 3840. The number of hydrogen-bond donors (Lipinski definition) is 0. The van der Waals surface area contributed by atoms with Gasteiger partial charge >= 0.3 is 0 Å². The molecule has 4 aromatic heterocycles. The zero-order valence-electron chi connectivity index (χ0n) is 33.7. The first-order valence-corrected chi connectivity index (χ1v) is 21.0. The van der Waals surface area contributed by atoms with Crippen molar-refractivity contribution >= 4 is 82.9 Å².